The summed E-state index contributed by atoms with van der Waals surface area (Å²) in [7, 11) is 3.11. The zero-order chi connectivity index (χ0) is 22.7. The average Bonchev–Trinajstić information content (AvgIpc) is 2.71. The van der Waals surface area contributed by atoms with Gasteiger partial charge in [0.15, 0.2) is 0 Å². The van der Waals surface area contributed by atoms with Crippen molar-refractivity contribution in [3.05, 3.63) is 74.4 Å². The third kappa shape index (κ3) is 5.52. The van der Waals surface area contributed by atoms with Crippen LogP contribution in [-0.4, -0.2) is 56.0 Å². The van der Waals surface area contributed by atoms with Crippen molar-refractivity contribution in [1.82, 2.24) is 15.1 Å². The summed E-state index contributed by atoms with van der Waals surface area (Å²) in [6, 6.07) is 2.25. The SMILES string of the molecule is CC1=C(/C=C(\C)CN2CC=C(c3c(F)cc(C(=O)N(C)C)cc3F)CC2)C(Br)=CCN1. The van der Waals surface area contributed by atoms with E-state index >= 15 is 0 Å². The minimum atomic E-state index is -0.690. The molecule has 0 spiro atoms. The molecule has 2 heterocycles. The minimum Gasteiger partial charge on any atom is -0.385 e. The van der Waals surface area contributed by atoms with Crippen LogP contribution in [0.15, 0.2) is 51.7 Å². The highest BCUT2D eigenvalue weighted by Crippen LogP contribution is 2.29. The van der Waals surface area contributed by atoms with Gasteiger partial charge in [-0.05, 0) is 38.0 Å². The van der Waals surface area contributed by atoms with Crippen molar-refractivity contribution in [2.75, 3.05) is 40.3 Å². The van der Waals surface area contributed by atoms with Crippen molar-refractivity contribution >= 4 is 27.4 Å². The van der Waals surface area contributed by atoms with Crippen LogP contribution in [0.25, 0.3) is 5.57 Å². The van der Waals surface area contributed by atoms with Crippen molar-refractivity contribution < 1.29 is 13.6 Å². The van der Waals surface area contributed by atoms with E-state index in [0.29, 0.717) is 25.1 Å². The van der Waals surface area contributed by atoms with Gasteiger partial charge in [-0.1, -0.05) is 39.7 Å². The summed E-state index contributed by atoms with van der Waals surface area (Å²) in [6.45, 7) is 7.08. The smallest absolute Gasteiger partial charge is 0.253 e. The molecule has 1 aromatic rings. The summed E-state index contributed by atoms with van der Waals surface area (Å²) >= 11 is 3.62. The number of dihydropyridines is 1. The second kappa shape index (κ2) is 9.92. The number of halogens is 3. The molecule has 166 valence electrons. The number of nitrogens with zero attached hydrogens (tertiary/aromatic N) is 2. The Labute approximate surface area is 191 Å². The molecule has 4 nitrogen and oxygen atoms in total. The van der Waals surface area contributed by atoms with E-state index in [2.05, 4.69) is 52.1 Å². The van der Waals surface area contributed by atoms with Crippen LogP contribution in [0.5, 0.6) is 0 Å². The minimum absolute atomic E-state index is 0.0181. The van der Waals surface area contributed by atoms with Crippen molar-refractivity contribution in [3.8, 4) is 0 Å². The molecular formula is C24H28BrF2N3O. The number of amides is 1. The highest BCUT2D eigenvalue weighted by Gasteiger charge is 2.22. The van der Waals surface area contributed by atoms with Crippen LogP contribution in [0.1, 0.15) is 36.2 Å². The zero-order valence-corrected chi connectivity index (χ0v) is 19.9. The molecular weight excluding hydrogens is 464 g/mol. The monoisotopic (exact) mass is 491 g/mol. The maximum absolute atomic E-state index is 14.7. The van der Waals surface area contributed by atoms with Gasteiger partial charge in [0.25, 0.3) is 5.91 Å². The lowest BCUT2D eigenvalue weighted by Crippen LogP contribution is -2.30. The van der Waals surface area contributed by atoms with Gasteiger partial charge >= 0.3 is 0 Å². The molecule has 7 heteroatoms. The predicted octanol–water partition coefficient (Wildman–Crippen LogP) is 4.86. The summed E-state index contributed by atoms with van der Waals surface area (Å²) in [4.78, 5) is 15.6. The fourth-order valence-corrected chi connectivity index (χ4v) is 4.42. The first-order valence-corrected chi connectivity index (χ1v) is 11.1. The van der Waals surface area contributed by atoms with Gasteiger partial charge in [0.1, 0.15) is 11.6 Å². The van der Waals surface area contributed by atoms with Gasteiger partial charge in [0.05, 0.1) is 0 Å². The first-order chi connectivity index (χ1) is 14.7. The van der Waals surface area contributed by atoms with Gasteiger partial charge in [0, 0.05) is 67.2 Å². The van der Waals surface area contributed by atoms with Crippen molar-refractivity contribution in [3.63, 3.8) is 0 Å². The number of benzene rings is 1. The third-order valence-electron chi connectivity index (χ3n) is 5.48. The summed E-state index contributed by atoms with van der Waals surface area (Å²) in [5, 5.41) is 3.33. The van der Waals surface area contributed by atoms with Crippen LogP contribution < -0.4 is 5.32 Å². The maximum Gasteiger partial charge on any atom is 0.253 e. The first kappa shape index (κ1) is 23.4. The molecule has 0 saturated carbocycles. The molecule has 0 bridgehead atoms. The predicted molar refractivity (Wildman–Crippen MR) is 125 cm³/mol. The number of carbonyl (C=O) groups is 1. The van der Waals surface area contributed by atoms with Crippen molar-refractivity contribution in [2.45, 2.75) is 20.3 Å². The van der Waals surface area contributed by atoms with Gasteiger partial charge < -0.3 is 10.2 Å². The van der Waals surface area contributed by atoms with E-state index in [-0.39, 0.29) is 11.1 Å². The Hall–Kier alpha value is -2.25. The van der Waals surface area contributed by atoms with E-state index in [1.54, 1.807) is 14.1 Å². The zero-order valence-electron chi connectivity index (χ0n) is 18.4. The quantitative estimate of drug-likeness (QED) is 0.638. The van der Waals surface area contributed by atoms with E-state index in [0.717, 1.165) is 41.0 Å². The van der Waals surface area contributed by atoms with Gasteiger partial charge in [-0.2, -0.15) is 0 Å². The molecule has 0 radical (unpaired) electrons. The third-order valence-corrected chi connectivity index (χ3v) is 6.23. The molecule has 31 heavy (non-hydrogen) atoms. The lowest BCUT2D eigenvalue weighted by atomic mass is 9.96. The molecule has 0 aliphatic carbocycles. The number of allylic oxidation sites excluding steroid dienone is 4. The Morgan fingerprint density at radius 1 is 1.26 bits per heavy atom. The van der Waals surface area contributed by atoms with Gasteiger partial charge in [-0.25, -0.2) is 8.78 Å². The number of hydrogen-bond acceptors (Lipinski definition) is 3. The van der Waals surface area contributed by atoms with Crippen LogP contribution in [-0.2, 0) is 0 Å². The molecule has 0 fully saturated rings. The largest absolute Gasteiger partial charge is 0.385 e. The Morgan fingerprint density at radius 3 is 2.48 bits per heavy atom. The van der Waals surface area contributed by atoms with Gasteiger partial charge in [-0.3, -0.25) is 9.69 Å². The molecule has 0 atom stereocenters. The second-order valence-electron chi connectivity index (χ2n) is 8.19. The second-order valence-corrected chi connectivity index (χ2v) is 9.05. The summed E-state index contributed by atoms with van der Waals surface area (Å²) in [5.41, 5.74) is 4.14. The van der Waals surface area contributed by atoms with Gasteiger partial charge in [0.2, 0.25) is 0 Å². The van der Waals surface area contributed by atoms with Crippen LogP contribution >= 0.6 is 15.9 Å². The Morgan fingerprint density at radius 2 is 1.94 bits per heavy atom. The lowest BCUT2D eigenvalue weighted by molar-refractivity contribution is 0.0826. The standard InChI is InChI=1S/C24H28BrF2N3O/c1-15(11-19-16(2)28-8-5-20(19)25)14-30-9-6-17(7-10-30)23-21(26)12-18(13-22(23)27)24(31)29(3)4/h5-6,11-13,28H,7-10,14H2,1-4H3/b15-11+. The van der Waals surface area contributed by atoms with E-state index in [9.17, 15) is 13.6 Å². The Bertz CT molecular complexity index is 985. The van der Waals surface area contributed by atoms with E-state index < -0.39 is 17.5 Å². The average molecular weight is 492 g/mol. The Balaban J connectivity index is 1.71. The molecule has 0 aromatic heterocycles. The summed E-state index contributed by atoms with van der Waals surface area (Å²) in [5.74, 6) is -1.80. The fraction of sp³-hybridized carbons (Fsp3) is 0.375. The molecule has 2 aliphatic rings. The number of hydrogen-bond donors (Lipinski definition) is 1. The molecule has 1 aromatic carbocycles. The molecule has 3 rings (SSSR count). The Kier molecular flexibility index (Phi) is 7.49. The van der Waals surface area contributed by atoms with Crippen LogP contribution in [0.4, 0.5) is 8.78 Å². The normalized spacial score (nSPS) is 17.8. The lowest BCUT2D eigenvalue weighted by Gasteiger charge is -2.27. The number of carbonyl (C=O) groups excluding carboxylic acids is 1. The highest BCUT2D eigenvalue weighted by atomic mass is 79.9. The van der Waals surface area contributed by atoms with E-state index in [1.807, 2.05) is 6.08 Å². The summed E-state index contributed by atoms with van der Waals surface area (Å²) in [6.07, 6.45) is 6.70. The van der Waals surface area contributed by atoms with Crippen LogP contribution in [0.2, 0.25) is 0 Å². The van der Waals surface area contributed by atoms with Crippen molar-refractivity contribution in [1.29, 1.82) is 0 Å². The maximum atomic E-state index is 14.7. The van der Waals surface area contributed by atoms with E-state index in [1.165, 1.54) is 10.5 Å². The van der Waals surface area contributed by atoms with Crippen LogP contribution in [0.3, 0.4) is 0 Å². The molecule has 0 unspecified atom stereocenters. The molecule has 2 aliphatic heterocycles. The molecule has 1 N–H and O–H groups in total. The van der Waals surface area contributed by atoms with Crippen LogP contribution in [0, 0.1) is 11.6 Å². The van der Waals surface area contributed by atoms with Crippen molar-refractivity contribution in [2.24, 2.45) is 0 Å². The number of nitrogens with one attached hydrogen (secondary N) is 1. The first-order valence-electron chi connectivity index (χ1n) is 10.3. The summed E-state index contributed by atoms with van der Waals surface area (Å²) < 4.78 is 30.4. The molecule has 0 saturated heterocycles. The van der Waals surface area contributed by atoms with E-state index in [4.69, 9.17) is 0 Å². The number of rotatable bonds is 5. The molecule has 1 amide bonds. The van der Waals surface area contributed by atoms with Gasteiger partial charge in [-0.15, -0.1) is 0 Å². The highest BCUT2D eigenvalue weighted by molar-refractivity contribution is 9.12. The fourth-order valence-electron chi connectivity index (χ4n) is 3.84. The topological polar surface area (TPSA) is 35.6 Å².